The SMILES string of the molecule is Cc1ccc(C2=C(Nc3ccc4c(c3)OCO4)C(=O)N(CC(C)C)C2=O)cc1. The van der Waals surface area contributed by atoms with Crippen LogP contribution >= 0.6 is 0 Å². The van der Waals surface area contributed by atoms with Crippen molar-refractivity contribution in [3.63, 3.8) is 0 Å². The summed E-state index contributed by atoms with van der Waals surface area (Å²) >= 11 is 0. The molecule has 0 saturated carbocycles. The fourth-order valence-electron chi connectivity index (χ4n) is 3.33. The highest BCUT2D eigenvalue weighted by atomic mass is 16.7. The van der Waals surface area contributed by atoms with Gasteiger partial charge < -0.3 is 14.8 Å². The van der Waals surface area contributed by atoms with Crippen molar-refractivity contribution in [1.82, 2.24) is 4.90 Å². The van der Waals surface area contributed by atoms with E-state index in [9.17, 15) is 9.59 Å². The molecular weight excluding hydrogens is 356 g/mol. The second-order valence-corrected chi connectivity index (χ2v) is 7.42. The Morgan fingerprint density at radius 3 is 2.43 bits per heavy atom. The summed E-state index contributed by atoms with van der Waals surface area (Å²) in [4.78, 5) is 27.5. The number of benzene rings is 2. The molecule has 6 nitrogen and oxygen atoms in total. The third-order valence-electron chi connectivity index (χ3n) is 4.70. The van der Waals surface area contributed by atoms with Crippen LogP contribution in [0.25, 0.3) is 5.57 Å². The quantitative estimate of drug-likeness (QED) is 0.806. The van der Waals surface area contributed by atoms with Crippen LogP contribution in [0.3, 0.4) is 0 Å². The van der Waals surface area contributed by atoms with Crippen molar-refractivity contribution in [3.8, 4) is 11.5 Å². The number of nitrogens with one attached hydrogen (secondary N) is 1. The smallest absolute Gasteiger partial charge is 0.278 e. The number of hydrogen-bond donors (Lipinski definition) is 1. The van der Waals surface area contributed by atoms with Crippen molar-refractivity contribution in [2.24, 2.45) is 5.92 Å². The van der Waals surface area contributed by atoms with E-state index in [4.69, 9.17) is 9.47 Å². The molecule has 2 aliphatic heterocycles. The molecule has 2 aromatic carbocycles. The Bertz CT molecular complexity index is 977. The van der Waals surface area contributed by atoms with Crippen LogP contribution in [-0.2, 0) is 9.59 Å². The lowest BCUT2D eigenvalue weighted by atomic mass is 10.0. The van der Waals surface area contributed by atoms with Crippen LogP contribution in [0.1, 0.15) is 25.0 Å². The highest BCUT2D eigenvalue weighted by Gasteiger charge is 2.39. The van der Waals surface area contributed by atoms with Crippen molar-refractivity contribution in [2.45, 2.75) is 20.8 Å². The highest BCUT2D eigenvalue weighted by Crippen LogP contribution is 2.36. The van der Waals surface area contributed by atoms with Gasteiger partial charge in [-0.15, -0.1) is 0 Å². The summed E-state index contributed by atoms with van der Waals surface area (Å²) in [6.07, 6.45) is 0. The fourth-order valence-corrected chi connectivity index (χ4v) is 3.33. The molecule has 0 aromatic heterocycles. The van der Waals surface area contributed by atoms with Crippen molar-refractivity contribution in [1.29, 1.82) is 0 Å². The Hall–Kier alpha value is -3.28. The number of rotatable bonds is 5. The van der Waals surface area contributed by atoms with Crippen molar-refractivity contribution in [3.05, 3.63) is 59.3 Å². The third-order valence-corrected chi connectivity index (χ3v) is 4.70. The van der Waals surface area contributed by atoms with Crippen LogP contribution in [0.4, 0.5) is 5.69 Å². The normalized spacial score (nSPS) is 15.8. The molecule has 0 atom stereocenters. The predicted octanol–water partition coefficient (Wildman–Crippen LogP) is 3.57. The minimum atomic E-state index is -0.313. The Morgan fingerprint density at radius 1 is 1.00 bits per heavy atom. The van der Waals surface area contributed by atoms with Gasteiger partial charge in [-0.05, 0) is 30.5 Å². The molecular formula is C22H22N2O4. The number of imide groups is 1. The van der Waals surface area contributed by atoms with Gasteiger partial charge in [-0.3, -0.25) is 14.5 Å². The Balaban J connectivity index is 1.75. The van der Waals surface area contributed by atoms with Gasteiger partial charge in [-0.1, -0.05) is 43.7 Å². The van der Waals surface area contributed by atoms with Crippen molar-refractivity contribution >= 4 is 23.1 Å². The molecule has 0 spiro atoms. The lowest BCUT2D eigenvalue weighted by molar-refractivity contribution is -0.137. The maximum Gasteiger partial charge on any atom is 0.278 e. The summed E-state index contributed by atoms with van der Waals surface area (Å²) in [5, 5.41) is 3.15. The molecule has 1 N–H and O–H groups in total. The van der Waals surface area contributed by atoms with Gasteiger partial charge in [0.1, 0.15) is 5.70 Å². The standard InChI is InChI=1S/C22H22N2O4/c1-13(2)11-24-21(25)19(15-6-4-14(3)5-7-15)20(22(24)26)23-16-8-9-17-18(10-16)28-12-27-17/h4-10,13,23H,11-12H2,1-3H3. The third kappa shape index (κ3) is 3.22. The zero-order valence-corrected chi connectivity index (χ0v) is 16.1. The molecule has 144 valence electrons. The first kappa shape index (κ1) is 18.1. The van der Waals surface area contributed by atoms with E-state index in [1.54, 1.807) is 18.2 Å². The first-order valence-corrected chi connectivity index (χ1v) is 9.28. The topological polar surface area (TPSA) is 67.9 Å². The van der Waals surface area contributed by atoms with Gasteiger partial charge in [0.25, 0.3) is 11.8 Å². The van der Waals surface area contributed by atoms with Crippen LogP contribution < -0.4 is 14.8 Å². The number of amides is 2. The molecule has 0 fully saturated rings. The molecule has 28 heavy (non-hydrogen) atoms. The molecule has 4 rings (SSSR count). The highest BCUT2D eigenvalue weighted by molar-refractivity contribution is 6.36. The van der Waals surface area contributed by atoms with Crippen LogP contribution in [0.15, 0.2) is 48.2 Å². The zero-order chi connectivity index (χ0) is 19.8. The van der Waals surface area contributed by atoms with E-state index in [0.717, 1.165) is 11.1 Å². The monoisotopic (exact) mass is 378 g/mol. The van der Waals surface area contributed by atoms with Gasteiger partial charge in [0.05, 0.1) is 5.57 Å². The fraction of sp³-hybridized carbons (Fsp3) is 0.273. The molecule has 0 bridgehead atoms. The predicted molar refractivity (Wildman–Crippen MR) is 106 cm³/mol. The number of aryl methyl sites for hydroxylation is 1. The molecule has 6 heteroatoms. The second kappa shape index (κ2) is 7.03. The van der Waals surface area contributed by atoms with E-state index < -0.39 is 0 Å². The van der Waals surface area contributed by atoms with E-state index in [1.807, 2.05) is 45.0 Å². The molecule has 2 amide bonds. The lowest BCUT2D eigenvalue weighted by Crippen LogP contribution is -2.35. The van der Waals surface area contributed by atoms with Gasteiger partial charge in [0.15, 0.2) is 11.5 Å². The van der Waals surface area contributed by atoms with E-state index in [0.29, 0.717) is 29.3 Å². The molecule has 2 heterocycles. The minimum Gasteiger partial charge on any atom is -0.454 e. The summed E-state index contributed by atoms with van der Waals surface area (Å²) in [6, 6.07) is 13.0. The molecule has 2 aliphatic rings. The Morgan fingerprint density at radius 2 is 1.71 bits per heavy atom. The van der Waals surface area contributed by atoms with Crippen LogP contribution in [0, 0.1) is 12.8 Å². The summed E-state index contributed by atoms with van der Waals surface area (Å²) in [6.45, 7) is 6.50. The van der Waals surface area contributed by atoms with Gasteiger partial charge >= 0.3 is 0 Å². The number of nitrogens with zero attached hydrogens (tertiary/aromatic N) is 1. The van der Waals surface area contributed by atoms with Crippen LogP contribution in [0.5, 0.6) is 11.5 Å². The van der Waals surface area contributed by atoms with Gasteiger partial charge in [0, 0.05) is 18.3 Å². The van der Waals surface area contributed by atoms with Gasteiger partial charge in [-0.25, -0.2) is 0 Å². The first-order chi connectivity index (χ1) is 13.4. The average molecular weight is 378 g/mol. The van der Waals surface area contributed by atoms with Crippen molar-refractivity contribution in [2.75, 3.05) is 18.7 Å². The minimum absolute atomic E-state index is 0.176. The summed E-state index contributed by atoms with van der Waals surface area (Å²) in [7, 11) is 0. The number of ether oxygens (including phenoxy) is 2. The lowest BCUT2D eigenvalue weighted by Gasteiger charge is -2.17. The van der Waals surface area contributed by atoms with Gasteiger partial charge in [0.2, 0.25) is 6.79 Å². The number of fused-ring (bicyclic) bond motifs is 1. The average Bonchev–Trinajstić information content (AvgIpc) is 3.21. The number of carbonyl (C=O) groups excluding carboxylic acids is 2. The summed E-state index contributed by atoms with van der Waals surface area (Å²) < 4.78 is 10.7. The Kier molecular flexibility index (Phi) is 4.55. The van der Waals surface area contributed by atoms with Crippen molar-refractivity contribution < 1.29 is 19.1 Å². The summed E-state index contributed by atoms with van der Waals surface area (Å²) in [5.41, 5.74) is 3.15. The van der Waals surface area contributed by atoms with Gasteiger partial charge in [-0.2, -0.15) is 0 Å². The first-order valence-electron chi connectivity index (χ1n) is 9.28. The van der Waals surface area contributed by atoms with E-state index in [1.165, 1.54) is 4.90 Å². The van der Waals surface area contributed by atoms with E-state index in [2.05, 4.69) is 5.32 Å². The number of carbonyl (C=O) groups is 2. The molecule has 2 aromatic rings. The maximum absolute atomic E-state index is 13.1. The number of hydrogen-bond acceptors (Lipinski definition) is 5. The summed E-state index contributed by atoms with van der Waals surface area (Å²) in [5.74, 6) is 0.863. The zero-order valence-electron chi connectivity index (χ0n) is 16.1. The van der Waals surface area contributed by atoms with Crippen LogP contribution in [-0.4, -0.2) is 30.1 Å². The molecule has 0 unspecified atom stereocenters. The molecule has 0 aliphatic carbocycles. The molecule has 0 radical (unpaired) electrons. The second-order valence-electron chi connectivity index (χ2n) is 7.42. The molecule has 0 saturated heterocycles. The Labute approximate surface area is 163 Å². The van der Waals surface area contributed by atoms with Crippen LogP contribution in [0.2, 0.25) is 0 Å². The van der Waals surface area contributed by atoms with E-state index in [-0.39, 0.29) is 30.2 Å². The largest absolute Gasteiger partial charge is 0.454 e. The number of anilines is 1. The maximum atomic E-state index is 13.1. The van der Waals surface area contributed by atoms with E-state index >= 15 is 0 Å².